The predicted octanol–water partition coefficient (Wildman–Crippen LogP) is 2.95. The minimum Gasteiger partial charge on any atom is -0.489 e. The fourth-order valence-corrected chi connectivity index (χ4v) is 3.01. The summed E-state index contributed by atoms with van der Waals surface area (Å²) in [5, 5.41) is 11.0. The Morgan fingerprint density at radius 3 is 2.86 bits per heavy atom. The van der Waals surface area contributed by atoms with Gasteiger partial charge in [-0.1, -0.05) is 6.92 Å². The molecule has 0 radical (unpaired) electrons. The first-order chi connectivity index (χ1) is 10.0. The van der Waals surface area contributed by atoms with Crippen LogP contribution in [0.15, 0.2) is 18.5 Å². The maximum Gasteiger partial charge on any atom is 0.138 e. The van der Waals surface area contributed by atoms with Gasteiger partial charge >= 0.3 is 0 Å². The summed E-state index contributed by atoms with van der Waals surface area (Å²) >= 11 is 0. The van der Waals surface area contributed by atoms with Crippen LogP contribution in [-0.4, -0.2) is 40.7 Å². The van der Waals surface area contributed by atoms with Crippen molar-refractivity contribution in [2.75, 3.05) is 19.6 Å². The van der Waals surface area contributed by atoms with E-state index in [0.717, 1.165) is 56.6 Å². The molecule has 0 amide bonds. The average Bonchev–Trinajstić information content (AvgIpc) is 2.62. The van der Waals surface area contributed by atoms with E-state index in [1.54, 1.807) is 12.4 Å². The van der Waals surface area contributed by atoms with E-state index in [0.29, 0.717) is 0 Å². The summed E-state index contributed by atoms with van der Waals surface area (Å²) < 4.78 is 5.70. The fraction of sp³-hybridized carbons (Fsp3) is 0.706. The van der Waals surface area contributed by atoms with Gasteiger partial charge in [0.15, 0.2) is 0 Å². The third kappa shape index (κ3) is 4.42. The number of hydrogen-bond acceptors (Lipinski definition) is 4. The van der Waals surface area contributed by atoms with Crippen molar-refractivity contribution in [2.45, 2.75) is 58.2 Å². The highest BCUT2D eigenvalue weighted by molar-refractivity contribution is 5.28. The standard InChI is InChI=1S/C17H28N2O2/c1-4-8-19-9-5-6-17(20,7-10-19)15-11-16(13-18-12-15)21-14(2)3/h11-14,20H,4-10H2,1-3H3. The molecule has 2 rings (SSSR count). The van der Waals surface area contributed by atoms with Gasteiger partial charge in [-0.25, -0.2) is 0 Å². The SMILES string of the molecule is CCCN1CCCC(O)(c2cncc(OC(C)C)c2)CC1. The summed E-state index contributed by atoms with van der Waals surface area (Å²) in [5.41, 5.74) is 0.116. The molecular formula is C17H28N2O2. The van der Waals surface area contributed by atoms with E-state index >= 15 is 0 Å². The number of aliphatic hydroxyl groups is 1. The van der Waals surface area contributed by atoms with E-state index in [-0.39, 0.29) is 6.10 Å². The summed E-state index contributed by atoms with van der Waals surface area (Å²) in [6.45, 7) is 9.33. The molecule has 0 aliphatic carbocycles. The van der Waals surface area contributed by atoms with Gasteiger partial charge in [0.25, 0.3) is 0 Å². The van der Waals surface area contributed by atoms with Crippen LogP contribution >= 0.6 is 0 Å². The molecule has 0 saturated carbocycles. The molecule has 1 atom stereocenters. The quantitative estimate of drug-likeness (QED) is 0.906. The van der Waals surface area contributed by atoms with Gasteiger partial charge in [0, 0.05) is 18.3 Å². The van der Waals surface area contributed by atoms with Crippen molar-refractivity contribution in [3.63, 3.8) is 0 Å². The topological polar surface area (TPSA) is 45.6 Å². The summed E-state index contributed by atoms with van der Waals surface area (Å²) in [6, 6.07) is 1.95. The number of hydrogen-bond donors (Lipinski definition) is 1. The summed E-state index contributed by atoms with van der Waals surface area (Å²) in [7, 11) is 0. The molecule has 2 heterocycles. The van der Waals surface area contributed by atoms with Gasteiger partial charge in [-0.05, 0) is 58.7 Å². The molecule has 4 heteroatoms. The first-order valence-corrected chi connectivity index (χ1v) is 8.10. The van der Waals surface area contributed by atoms with E-state index in [9.17, 15) is 5.11 Å². The number of nitrogens with zero attached hydrogens (tertiary/aromatic N) is 2. The van der Waals surface area contributed by atoms with Gasteiger partial charge in [-0.3, -0.25) is 4.98 Å². The lowest BCUT2D eigenvalue weighted by molar-refractivity contribution is 0.0205. The van der Waals surface area contributed by atoms with E-state index in [1.807, 2.05) is 19.9 Å². The van der Waals surface area contributed by atoms with Crippen molar-refractivity contribution in [2.24, 2.45) is 0 Å². The zero-order valence-electron chi connectivity index (χ0n) is 13.5. The summed E-state index contributed by atoms with van der Waals surface area (Å²) in [4.78, 5) is 6.69. The Hall–Kier alpha value is -1.13. The van der Waals surface area contributed by atoms with Gasteiger partial charge in [0.2, 0.25) is 0 Å². The molecule has 1 unspecified atom stereocenters. The second kappa shape index (κ2) is 7.23. The second-order valence-electron chi connectivity index (χ2n) is 6.30. The van der Waals surface area contributed by atoms with Gasteiger partial charge < -0.3 is 14.7 Å². The minimum absolute atomic E-state index is 0.117. The van der Waals surface area contributed by atoms with Gasteiger partial charge in [-0.15, -0.1) is 0 Å². The van der Waals surface area contributed by atoms with E-state index in [1.165, 1.54) is 0 Å². The average molecular weight is 292 g/mol. The number of pyridine rings is 1. The van der Waals surface area contributed by atoms with E-state index in [4.69, 9.17) is 4.74 Å². The van der Waals surface area contributed by atoms with Crippen molar-refractivity contribution in [3.05, 3.63) is 24.0 Å². The molecule has 1 saturated heterocycles. The van der Waals surface area contributed by atoms with Crippen LogP contribution in [-0.2, 0) is 5.60 Å². The Labute approximate surface area is 128 Å². The maximum atomic E-state index is 11.0. The second-order valence-corrected chi connectivity index (χ2v) is 6.30. The maximum absolute atomic E-state index is 11.0. The Balaban J connectivity index is 2.12. The van der Waals surface area contributed by atoms with Crippen molar-refractivity contribution < 1.29 is 9.84 Å². The Morgan fingerprint density at radius 2 is 2.14 bits per heavy atom. The van der Waals surface area contributed by atoms with E-state index in [2.05, 4.69) is 16.8 Å². The van der Waals surface area contributed by atoms with Gasteiger partial charge in [-0.2, -0.15) is 0 Å². The molecule has 21 heavy (non-hydrogen) atoms. The molecule has 0 bridgehead atoms. The molecule has 118 valence electrons. The van der Waals surface area contributed by atoms with Crippen LogP contribution in [0, 0.1) is 0 Å². The van der Waals surface area contributed by atoms with Crippen LogP contribution in [0.2, 0.25) is 0 Å². The molecule has 4 nitrogen and oxygen atoms in total. The molecule has 1 N–H and O–H groups in total. The molecule has 1 fully saturated rings. The zero-order chi connectivity index (χ0) is 15.3. The van der Waals surface area contributed by atoms with Crippen molar-refractivity contribution in [1.29, 1.82) is 0 Å². The number of aromatic nitrogens is 1. The number of rotatable bonds is 5. The van der Waals surface area contributed by atoms with E-state index < -0.39 is 5.60 Å². The Bertz CT molecular complexity index is 450. The molecule has 1 aromatic rings. The smallest absolute Gasteiger partial charge is 0.138 e. The Morgan fingerprint density at radius 1 is 1.33 bits per heavy atom. The third-order valence-electron chi connectivity index (χ3n) is 4.07. The summed E-state index contributed by atoms with van der Waals surface area (Å²) in [5.74, 6) is 0.741. The van der Waals surface area contributed by atoms with Crippen LogP contribution in [0.5, 0.6) is 5.75 Å². The highest BCUT2D eigenvalue weighted by atomic mass is 16.5. The lowest BCUT2D eigenvalue weighted by Gasteiger charge is -2.27. The molecule has 1 aliphatic rings. The largest absolute Gasteiger partial charge is 0.489 e. The first-order valence-electron chi connectivity index (χ1n) is 8.10. The van der Waals surface area contributed by atoms with Crippen LogP contribution in [0.1, 0.15) is 52.0 Å². The summed E-state index contributed by atoms with van der Waals surface area (Å²) in [6.07, 6.45) is 7.35. The van der Waals surface area contributed by atoms with Gasteiger partial charge in [0.1, 0.15) is 5.75 Å². The monoisotopic (exact) mass is 292 g/mol. The molecule has 1 aliphatic heterocycles. The minimum atomic E-state index is -0.772. The molecular weight excluding hydrogens is 264 g/mol. The van der Waals surface area contributed by atoms with Crippen molar-refractivity contribution >= 4 is 0 Å². The highest BCUT2D eigenvalue weighted by Gasteiger charge is 2.32. The molecule has 0 spiro atoms. The fourth-order valence-electron chi connectivity index (χ4n) is 3.01. The normalized spacial score (nSPS) is 24.0. The van der Waals surface area contributed by atoms with Crippen LogP contribution in [0.3, 0.4) is 0 Å². The number of likely N-dealkylation sites (tertiary alicyclic amines) is 1. The predicted molar refractivity (Wildman–Crippen MR) is 84.5 cm³/mol. The number of ether oxygens (including phenoxy) is 1. The molecule has 0 aromatic carbocycles. The van der Waals surface area contributed by atoms with Crippen molar-refractivity contribution in [3.8, 4) is 5.75 Å². The zero-order valence-corrected chi connectivity index (χ0v) is 13.5. The van der Waals surface area contributed by atoms with Gasteiger partial charge in [0.05, 0.1) is 17.9 Å². The van der Waals surface area contributed by atoms with Crippen LogP contribution in [0.25, 0.3) is 0 Å². The lowest BCUT2D eigenvalue weighted by Crippen LogP contribution is -2.29. The third-order valence-corrected chi connectivity index (χ3v) is 4.07. The van der Waals surface area contributed by atoms with Crippen LogP contribution in [0.4, 0.5) is 0 Å². The highest BCUT2D eigenvalue weighted by Crippen LogP contribution is 2.34. The van der Waals surface area contributed by atoms with Crippen LogP contribution < -0.4 is 4.74 Å². The Kier molecular flexibility index (Phi) is 5.59. The van der Waals surface area contributed by atoms with Crippen molar-refractivity contribution in [1.82, 2.24) is 9.88 Å². The molecule has 1 aromatic heterocycles. The first kappa shape index (κ1) is 16.2. The lowest BCUT2D eigenvalue weighted by atomic mass is 9.88.